The van der Waals surface area contributed by atoms with Crippen LogP contribution < -0.4 is 9.64 Å². The predicted molar refractivity (Wildman–Crippen MR) is 127 cm³/mol. The Morgan fingerprint density at radius 3 is 2.68 bits per heavy atom. The summed E-state index contributed by atoms with van der Waals surface area (Å²) in [5.74, 6) is -0.249. The number of hydrogen-bond acceptors (Lipinski definition) is 5. The SMILES string of the molecule is CC(=O)c1ccc2c(c1)N(C)C(=O)[C@@H](N1CCc3c(nn(Cc4ccccc4)c3Cl)C1=O)CO2. The third kappa shape index (κ3) is 3.74. The molecule has 1 atom stereocenters. The van der Waals surface area contributed by atoms with Crippen LogP contribution in [0.4, 0.5) is 5.69 Å². The number of rotatable bonds is 4. The van der Waals surface area contributed by atoms with Crippen LogP contribution >= 0.6 is 11.6 Å². The number of aromatic nitrogens is 2. The van der Waals surface area contributed by atoms with E-state index in [9.17, 15) is 14.4 Å². The second kappa shape index (κ2) is 8.61. The molecule has 34 heavy (non-hydrogen) atoms. The molecule has 0 fully saturated rings. The Kier molecular flexibility index (Phi) is 5.61. The Labute approximate surface area is 201 Å². The molecule has 0 N–H and O–H groups in total. The van der Waals surface area contributed by atoms with E-state index >= 15 is 0 Å². The van der Waals surface area contributed by atoms with E-state index in [2.05, 4.69) is 5.10 Å². The van der Waals surface area contributed by atoms with Gasteiger partial charge in [-0.1, -0.05) is 41.9 Å². The van der Waals surface area contributed by atoms with Crippen LogP contribution in [-0.2, 0) is 17.8 Å². The van der Waals surface area contributed by atoms with E-state index in [0.29, 0.717) is 47.2 Å². The van der Waals surface area contributed by atoms with E-state index < -0.39 is 6.04 Å². The molecule has 2 aliphatic heterocycles. The predicted octanol–water partition coefficient (Wildman–Crippen LogP) is 3.21. The normalized spacial score (nSPS) is 17.7. The van der Waals surface area contributed by atoms with Crippen molar-refractivity contribution in [2.24, 2.45) is 0 Å². The number of carbonyl (C=O) groups excluding carboxylic acids is 3. The zero-order chi connectivity index (χ0) is 24.0. The van der Waals surface area contributed by atoms with Gasteiger partial charge in [0.05, 0.1) is 12.2 Å². The number of ether oxygens (including phenoxy) is 1. The van der Waals surface area contributed by atoms with Gasteiger partial charge in [-0.05, 0) is 37.1 Å². The first-order chi connectivity index (χ1) is 16.3. The minimum atomic E-state index is -0.822. The monoisotopic (exact) mass is 478 g/mol. The van der Waals surface area contributed by atoms with Crippen molar-refractivity contribution >= 4 is 34.9 Å². The molecule has 3 heterocycles. The Morgan fingerprint density at radius 2 is 1.94 bits per heavy atom. The molecule has 2 aromatic carbocycles. The number of nitrogens with zero attached hydrogens (tertiary/aromatic N) is 4. The average Bonchev–Trinajstić information content (AvgIpc) is 3.09. The number of carbonyl (C=O) groups is 3. The lowest BCUT2D eigenvalue weighted by atomic mass is 10.0. The van der Waals surface area contributed by atoms with Crippen molar-refractivity contribution in [2.45, 2.75) is 25.9 Å². The number of Topliss-reactive ketones (excluding diaryl/α,β-unsaturated/α-hetero) is 1. The summed E-state index contributed by atoms with van der Waals surface area (Å²) in [5, 5.41) is 4.94. The average molecular weight is 479 g/mol. The lowest BCUT2D eigenvalue weighted by Gasteiger charge is -2.33. The van der Waals surface area contributed by atoms with Gasteiger partial charge in [-0.25, -0.2) is 4.68 Å². The lowest BCUT2D eigenvalue weighted by molar-refractivity contribution is -0.123. The van der Waals surface area contributed by atoms with Gasteiger partial charge in [-0.2, -0.15) is 5.10 Å². The van der Waals surface area contributed by atoms with Crippen LogP contribution in [-0.4, -0.2) is 58.5 Å². The third-order valence-electron chi connectivity index (χ3n) is 6.34. The highest BCUT2D eigenvalue weighted by atomic mass is 35.5. The minimum absolute atomic E-state index is 0.00905. The highest BCUT2D eigenvalue weighted by Crippen LogP contribution is 2.34. The van der Waals surface area contributed by atoms with Gasteiger partial charge < -0.3 is 14.5 Å². The Bertz CT molecular complexity index is 1300. The summed E-state index contributed by atoms with van der Waals surface area (Å²) in [6, 6.07) is 13.9. The summed E-state index contributed by atoms with van der Waals surface area (Å²) in [4.78, 5) is 41.6. The first kappa shape index (κ1) is 22.2. The van der Waals surface area contributed by atoms with Crippen LogP contribution in [0.3, 0.4) is 0 Å². The second-order valence-corrected chi connectivity index (χ2v) is 8.83. The minimum Gasteiger partial charge on any atom is -0.489 e. The number of fused-ring (bicyclic) bond motifs is 2. The van der Waals surface area contributed by atoms with Crippen LogP contribution in [0.1, 0.15) is 38.9 Å². The Morgan fingerprint density at radius 1 is 1.18 bits per heavy atom. The van der Waals surface area contributed by atoms with Gasteiger partial charge in [-0.15, -0.1) is 0 Å². The third-order valence-corrected chi connectivity index (χ3v) is 6.76. The maximum absolute atomic E-state index is 13.4. The fourth-order valence-electron chi connectivity index (χ4n) is 4.43. The van der Waals surface area contributed by atoms with Crippen molar-refractivity contribution in [3.05, 3.63) is 76.1 Å². The summed E-state index contributed by atoms with van der Waals surface area (Å²) in [6.45, 7) is 2.25. The fraction of sp³-hybridized carbons (Fsp3) is 0.280. The van der Waals surface area contributed by atoms with Gasteiger partial charge in [0.15, 0.2) is 11.5 Å². The van der Waals surface area contributed by atoms with Gasteiger partial charge in [0, 0.05) is 24.7 Å². The summed E-state index contributed by atoms with van der Waals surface area (Å²) >= 11 is 6.57. The molecule has 0 saturated carbocycles. The number of hydrogen-bond donors (Lipinski definition) is 0. The topological polar surface area (TPSA) is 84.7 Å². The number of benzene rings is 2. The zero-order valence-electron chi connectivity index (χ0n) is 18.8. The number of anilines is 1. The van der Waals surface area contributed by atoms with Crippen molar-refractivity contribution in [1.29, 1.82) is 0 Å². The molecule has 0 saturated heterocycles. The molecular weight excluding hydrogens is 456 g/mol. The molecule has 2 amide bonds. The molecule has 5 rings (SSSR count). The van der Waals surface area contributed by atoms with Gasteiger partial charge in [0.1, 0.15) is 23.6 Å². The molecule has 0 aliphatic carbocycles. The highest BCUT2D eigenvalue weighted by Gasteiger charge is 2.41. The number of halogens is 1. The Hall–Kier alpha value is -3.65. The van der Waals surface area contributed by atoms with E-state index in [1.807, 2.05) is 30.3 Å². The van der Waals surface area contributed by atoms with Crippen LogP contribution in [0.25, 0.3) is 0 Å². The molecule has 0 spiro atoms. The molecular formula is C25H23ClN4O4. The van der Waals surface area contributed by atoms with Crippen LogP contribution in [0.5, 0.6) is 5.75 Å². The molecule has 2 aliphatic rings. The number of amides is 2. The highest BCUT2D eigenvalue weighted by molar-refractivity contribution is 6.31. The Balaban J connectivity index is 1.42. The summed E-state index contributed by atoms with van der Waals surface area (Å²) in [5.41, 5.74) is 2.97. The molecule has 0 radical (unpaired) electrons. The standard InChI is InChI=1S/C25H23ClN4O4/c1-15(31)17-8-9-21-19(12-17)28(2)24(32)20(14-34-21)29-11-10-18-22(25(29)33)27-30(23(18)26)13-16-6-4-3-5-7-16/h3-9,12,20H,10-11,13-14H2,1-2H3/t20-/m0/s1. The molecule has 3 aromatic rings. The summed E-state index contributed by atoms with van der Waals surface area (Å²) in [7, 11) is 1.62. The van der Waals surface area contributed by atoms with Gasteiger partial charge in [-0.3, -0.25) is 14.4 Å². The number of likely N-dealkylation sites (N-methyl/N-ethyl adjacent to an activating group) is 1. The van der Waals surface area contributed by atoms with Crippen molar-refractivity contribution in [3.63, 3.8) is 0 Å². The van der Waals surface area contributed by atoms with Crippen molar-refractivity contribution < 1.29 is 19.1 Å². The smallest absolute Gasteiger partial charge is 0.275 e. The quantitative estimate of drug-likeness (QED) is 0.537. The van der Waals surface area contributed by atoms with Crippen LogP contribution in [0.15, 0.2) is 48.5 Å². The largest absolute Gasteiger partial charge is 0.489 e. The molecule has 0 unspecified atom stereocenters. The van der Waals surface area contributed by atoms with Gasteiger partial charge in [0.2, 0.25) is 0 Å². The van der Waals surface area contributed by atoms with Gasteiger partial charge in [0.25, 0.3) is 11.8 Å². The van der Waals surface area contributed by atoms with Crippen LogP contribution in [0, 0.1) is 0 Å². The van der Waals surface area contributed by atoms with Crippen molar-refractivity contribution in [2.75, 3.05) is 25.1 Å². The van der Waals surface area contributed by atoms with E-state index in [-0.39, 0.29) is 29.9 Å². The fourth-order valence-corrected chi connectivity index (χ4v) is 4.71. The maximum Gasteiger partial charge on any atom is 0.275 e. The first-order valence-electron chi connectivity index (χ1n) is 11.0. The molecule has 1 aromatic heterocycles. The van der Waals surface area contributed by atoms with E-state index in [1.165, 1.54) is 16.7 Å². The first-order valence-corrected chi connectivity index (χ1v) is 11.4. The molecule has 9 heteroatoms. The van der Waals surface area contributed by atoms with E-state index in [1.54, 1.807) is 29.9 Å². The van der Waals surface area contributed by atoms with Crippen molar-refractivity contribution in [3.8, 4) is 5.75 Å². The van der Waals surface area contributed by atoms with Crippen molar-refractivity contribution in [1.82, 2.24) is 14.7 Å². The molecule has 0 bridgehead atoms. The van der Waals surface area contributed by atoms with E-state index in [4.69, 9.17) is 16.3 Å². The number of ketones is 1. The van der Waals surface area contributed by atoms with Crippen LogP contribution in [0.2, 0.25) is 5.15 Å². The molecule has 174 valence electrons. The van der Waals surface area contributed by atoms with E-state index in [0.717, 1.165) is 5.56 Å². The zero-order valence-corrected chi connectivity index (χ0v) is 19.6. The summed E-state index contributed by atoms with van der Waals surface area (Å²) < 4.78 is 7.54. The second-order valence-electron chi connectivity index (χ2n) is 8.47. The maximum atomic E-state index is 13.4. The lowest BCUT2D eigenvalue weighted by Crippen LogP contribution is -2.54. The molecule has 8 nitrogen and oxygen atoms in total. The summed E-state index contributed by atoms with van der Waals surface area (Å²) in [6.07, 6.45) is 0.490. The van der Waals surface area contributed by atoms with Gasteiger partial charge >= 0.3 is 0 Å².